The molecule has 0 fully saturated rings. The summed E-state index contributed by atoms with van der Waals surface area (Å²) in [4.78, 5) is 29.7. The molecule has 1 N–H and O–H groups in total. The summed E-state index contributed by atoms with van der Waals surface area (Å²) < 4.78 is 7.82. The Balaban J connectivity index is 1.40. The molecular weight excluding hydrogens is 479 g/mol. The predicted molar refractivity (Wildman–Crippen MR) is 126 cm³/mol. The third-order valence-corrected chi connectivity index (χ3v) is 5.68. The van der Waals surface area contributed by atoms with Gasteiger partial charge in [0.15, 0.2) is 5.65 Å². The van der Waals surface area contributed by atoms with Gasteiger partial charge < -0.3 is 9.84 Å². The number of carbonyl (C=O) groups excluding carboxylic acids is 1. The van der Waals surface area contributed by atoms with Crippen LogP contribution in [-0.2, 0) is 17.9 Å². The van der Waals surface area contributed by atoms with Gasteiger partial charge in [0.25, 0.3) is 5.89 Å². The summed E-state index contributed by atoms with van der Waals surface area (Å²) in [7, 11) is 0. The summed E-state index contributed by atoms with van der Waals surface area (Å²) in [5.41, 5.74) is 1.73. The van der Waals surface area contributed by atoms with Crippen molar-refractivity contribution in [2.45, 2.75) is 13.1 Å². The van der Waals surface area contributed by atoms with Crippen molar-refractivity contribution >= 4 is 34.8 Å². The number of hydrogen-bond donors (Lipinski definition) is 1. The van der Waals surface area contributed by atoms with Crippen LogP contribution in [0.3, 0.4) is 0 Å². The first kappa shape index (κ1) is 21.9. The van der Waals surface area contributed by atoms with Crippen molar-refractivity contribution in [2.24, 2.45) is 0 Å². The van der Waals surface area contributed by atoms with Crippen molar-refractivity contribution in [3.63, 3.8) is 0 Å². The van der Waals surface area contributed by atoms with Gasteiger partial charge in [-0.15, -0.1) is 5.10 Å². The first-order valence-corrected chi connectivity index (χ1v) is 10.9. The van der Waals surface area contributed by atoms with E-state index in [1.54, 1.807) is 42.6 Å². The second kappa shape index (κ2) is 9.12. The molecule has 0 aliphatic rings. The Labute approximate surface area is 202 Å². The maximum atomic E-state index is 12.8. The fraction of sp³-hybridized carbons (Fsp3) is 0.0870. The maximum Gasteiger partial charge on any atom is 0.350 e. The smallest absolute Gasteiger partial charge is 0.350 e. The second-order valence-corrected chi connectivity index (χ2v) is 8.20. The van der Waals surface area contributed by atoms with Crippen LogP contribution < -0.4 is 11.0 Å². The van der Waals surface area contributed by atoms with E-state index in [9.17, 15) is 9.59 Å². The van der Waals surface area contributed by atoms with Crippen LogP contribution in [0, 0.1) is 0 Å². The van der Waals surface area contributed by atoms with Gasteiger partial charge in [-0.1, -0.05) is 58.7 Å². The lowest BCUT2D eigenvalue weighted by Gasteiger charge is -2.06. The van der Waals surface area contributed by atoms with Gasteiger partial charge in [-0.2, -0.15) is 4.98 Å². The zero-order chi connectivity index (χ0) is 23.7. The highest BCUT2D eigenvalue weighted by molar-refractivity contribution is 6.31. The first-order chi connectivity index (χ1) is 16.5. The van der Waals surface area contributed by atoms with Crippen LogP contribution in [0.4, 0.5) is 0 Å². The molecule has 170 valence electrons. The quantitative estimate of drug-likeness (QED) is 0.384. The highest BCUT2D eigenvalue weighted by Gasteiger charge is 2.18. The molecule has 0 aliphatic heterocycles. The minimum absolute atomic E-state index is 0.181. The average molecular weight is 495 g/mol. The number of nitrogens with zero attached hydrogens (tertiary/aromatic N) is 5. The van der Waals surface area contributed by atoms with Gasteiger partial charge in [-0.25, -0.2) is 13.9 Å². The molecule has 1 amide bonds. The highest BCUT2D eigenvalue weighted by atomic mass is 35.5. The highest BCUT2D eigenvalue weighted by Crippen LogP contribution is 2.25. The second-order valence-electron chi connectivity index (χ2n) is 7.36. The Morgan fingerprint density at radius 1 is 1.06 bits per heavy atom. The number of carbonyl (C=O) groups is 1. The summed E-state index contributed by atoms with van der Waals surface area (Å²) in [6.45, 7) is -0.0256. The van der Waals surface area contributed by atoms with E-state index in [0.29, 0.717) is 27.0 Å². The molecule has 34 heavy (non-hydrogen) atoms. The normalized spacial score (nSPS) is 11.1. The zero-order valence-electron chi connectivity index (χ0n) is 17.5. The number of hydrogen-bond acceptors (Lipinski definition) is 6. The molecule has 0 aliphatic carbocycles. The zero-order valence-corrected chi connectivity index (χ0v) is 19.0. The van der Waals surface area contributed by atoms with E-state index in [-0.39, 0.29) is 30.5 Å². The number of benzene rings is 2. The molecule has 11 heteroatoms. The average Bonchev–Trinajstić information content (AvgIpc) is 3.44. The fourth-order valence-electron chi connectivity index (χ4n) is 3.41. The van der Waals surface area contributed by atoms with Crippen LogP contribution in [0.1, 0.15) is 5.56 Å². The van der Waals surface area contributed by atoms with E-state index in [2.05, 4.69) is 20.6 Å². The van der Waals surface area contributed by atoms with Crippen LogP contribution in [0.5, 0.6) is 0 Å². The number of halogens is 2. The molecule has 0 unspecified atom stereocenters. The van der Waals surface area contributed by atoms with Crippen LogP contribution in [0.15, 0.2) is 76.2 Å². The largest absolute Gasteiger partial charge is 0.350 e. The van der Waals surface area contributed by atoms with E-state index in [1.807, 2.05) is 24.3 Å². The molecule has 0 saturated carbocycles. The van der Waals surface area contributed by atoms with Crippen molar-refractivity contribution in [1.82, 2.24) is 29.6 Å². The summed E-state index contributed by atoms with van der Waals surface area (Å²) >= 11 is 12.2. The van der Waals surface area contributed by atoms with Crippen molar-refractivity contribution in [3.8, 4) is 22.8 Å². The van der Waals surface area contributed by atoms with Crippen LogP contribution in [0.25, 0.3) is 28.5 Å². The van der Waals surface area contributed by atoms with Crippen molar-refractivity contribution in [2.75, 3.05) is 0 Å². The van der Waals surface area contributed by atoms with E-state index < -0.39 is 5.69 Å². The SMILES string of the molecule is O=C(Cn1nc2c(-c3nc(-c4cccc(Cl)c4)no3)cccn2c1=O)NCc1ccccc1Cl. The lowest BCUT2D eigenvalue weighted by atomic mass is 10.2. The number of nitrogens with one attached hydrogen (secondary N) is 1. The van der Waals surface area contributed by atoms with Gasteiger partial charge in [-0.3, -0.25) is 4.79 Å². The molecule has 3 heterocycles. The van der Waals surface area contributed by atoms with Gasteiger partial charge in [0.1, 0.15) is 6.54 Å². The lowest BCUT2D eigenvalue weighted by molar-refractivity contribution is -0.122. The molecule has 0 radical (unpaired) electrons. The molecule has 3 aromatic heterocycles. The van der Waals surface area contributed by atoms with Crippen LogP contribution >= 0.6 is 23.2 Å². The van der Waals surface area contributed by atoms with Gasteiger partial charge in [0.05, 0.1) is 5.56 Å². The molecule has 0 atom stereocenters. The van der Waals surface area contributed by atoms with Crippen molar-refractivity contribution in [1.29, 1.82) is 0 Å². The lowest BCUT2D eigenvalue weighted by Crippen LogP contribution is -2.32. The number of aromatic nitrogens is 5. The molecule has 2 aromatic carbocycles. The van der Waals surface area contributed by atoms with Gasteiger partial charge in [0.2, 0.25) is 11.7 Å². The number of amides is 1. The summed E-state index contributed by atoms with van der Waals surface area (Å²) in [5.74, 6) is 0.147. The Morgan fingerprint density at radius 3 is 2.74 bits per heavy atom. The predicted octanol–water partition coefficient (Wildman–Crippen LogP) is 3.84. The van der Waals surface area contributed by atoms with E-state index in [0.717, 1.165) is 10.2 Å². The molecule has 5 aromatic rings. The van der Waals surface area contributed by atoms with Crippen LogP contribution in [0.2, 0.25) is 10.0 Å². The summed E-state index contributed by atoms with van der Waals surface area (Å²) in [6.07, 6.45) is 1.56. The van der Waals surface area contributed by atoms with E-state index in [4.69, 9.17) is 27.7 Å². The van der Waals surface area contributed by atoms with Gasteiger partial charge >= 0.3 is 5.69 Å². The minimum atomic E-state index is -0.473. The maximum absolute atomic E-state index is 12.8. The van der Waals surface area contributed by atoms with E-state index in [1.165, 1.54) is 4.40 Å². The first-order valence-electron chi connectivity index (χ1n) is 10.2. The van der Waals surface area contributed by atoms with Gasteiger partial charge in [-0.05, 0) is 35.9 Å². The van der Waals surface area contributed by atoms with Crippen molar-refractivity contribution < 1.29 is 9.32 Å². The fourth-order valence-corrected chi connectivity index (χ4v) is 3.81. The molecular formula is C23H16Cl2N6O3. The Hall–Kier alpha value is -3.95. The van der Waals surface area contributed by atoms with Crippen molar-refractivity contribution in [3.05, 3.63) is 93.0 Å². The number of rotatable bonds is 6. The Kier molecular flexibility index (Phi) is 5.87. The van der Waals surface area contributed by atoms with Crippen LogP contribution in [-0.4, -0.2) is 30.2 Å². The topological polar surface area (TPSA) is 107 Å². The van der Waals surface area contributed by atoms with E-state index >= 15 is 0 Å². The molecule has 9 nitrogen and oxygen atoms in total. The summed E-state index contributed by atoms with van der Waals surface area (Å²) in [5, 5.41) is 12.2. The Morgan fingerprint density at radius 2 is 1.91 bits per heavy atom. The summed E-state index contributed by atoms with van der Waals surface area (Å²) in [6, 6.07) is 17.6. The molecule has 0 bridgehead atoms. The number of fused-ring (bicyclic) bond motifs is 1. The third-order valence-electron chi connectivity index (χ3n) is 5.08. The number of pyridine rings is 1. The third kappa shape index (κ3) is 4.30. The molecule has 0 spiro atoms. The standard InChI is InChI=1S/C23H16Cl2N6O3/c24-16-7-3-6-14(11-16)20-27-22(34-29-20)17-8-4-10-30-21(17)28-31(23(30)33)13-19(32)26-12-15-5-1-2-9-18(15)25/h1-11H,12-13H2,(H,26,32). The minimum Gasteiger partial charge on any atom is -0.350 e. The van der Waals surface area contributed by atoms with Gasteiger partial charge in [0, 0.05) is 28.4 Å². The monoisotopic (exact) mass is 494 g/mol. The Bertz CT molecular complexity index is 1570. The molecule has 5 rings (SSSR count). The molecule has 0 saturated heterocycles.